The molecular weight excluding hydrogens is 136 g/mol. The first-order chi connectivity index (χ1) is 5.33. The summed E-state index contributed by atoms with van der Waals surface area (Å²) in [5.41, 5.74) is 0. The summed E-state index contributed by atoms with van der Waals surface area (Å²) in [5, 5.41) is 0. The fourth-order valence-corrected chi connectivity index (χ4v) is 0.940. The van der Waals surface area contributed by atoms with Gasteiger partial charge in [0.25, 0.3) is 0 Å². The Morgan fingerprint density at radius 3 is 3.18 bits per heavy atom. The molecule has 0 saturated carbocycles. The normalized spacial score (nSPS) is 22.2. The van der Waals surface area contributed by atoms with E-state index in [0.717, 1.165) is 12.2 Å². The third kappa shape index (κ3) is 2.51. The topological polar surface area (TPSA) is 9.23 Å². The van der Waals surface area contributed by atoms with E-state index in [9.17, 15) is 0 Å². The van der Waals surface area contributed by atoms with Gasteiger partial charge in [0.05, 0.1) is 0 Å². The summed E-state index contributed by atoms with van der Waals surface area (Å²) in [6, 6.07) is 0. The summed E-state index contributed by atoms with van der Waals surface area (Å²) >= 11 is 0. The van der Waals surface area contributed by atoms with Crippen molar-refractivity contribution in [2.24, 2.45) is 5.92 Å². The molecule has 0 radical (unpaired) electrons. The van der Waals surface area contributed by atoms with Gasteiger partial charge in [0.1, 0.15) is 12.4 Å². The molecule has 1 atom stereocenters. The van der Waals surface area contributed by atoms with Gasteiger partial charge in [-0.2, -0.15) is 0 Å². The van der Waals surface area contributed by atoms with Crippen LogP contribution in [-0.2, 0) is 4.74 Å². The Morgan fingerprint density at radius 1 is 1.82 bits per heavy atom. The Labute approximate surface area is 67.8 Å². The van der Waals surface area contributed by atoms with Crippen LogP contribution in [0.1, 0.15) is 13.3 Å². The summed E-state index contributed by atoms with van der Waals surface area (Å²) in [6.07, 6.45) is 12.3. The van der Waals surface area contributed by atoms with E-state index in [4.69, 9.17) is 11.2 Å². The summed E-state index contributed by atoms with van der Waals surface area (Å²) in [5.74, 6) is 3.97. The fourth-order valence-electron chi connectivity index (χ4n) is 0.940. The smallest absolute Gasteiger partial charge is 0.148 e. The van der Waals surface area contributed by atoms with E-state index in [2.05, 4.69) is 25.0 Å². The number of allylic oxidation sites excluding steroid dienone is 3. The number of hydrogen-bond acceptors (Lipinski definition) is 1. The Kier molecular flexibility index (Phi) is 2.80. The SMILES string of the molecule is C#CCOC1=CCC(C)C=C1. The maximum atomic E-state index is 5.22. The minimum atomic E-state index is 0.366. The second kappa shape index (κ2) is 3.88. The zero-order valence-corrected chi connectivity index (χ0v) is 6.71. The predicted octanol–water partition coefficient (Wildman–Crippen LogP) is 2.12. The minimum Gasteiger partial charge on any atom is -0.481 e. The average Bonchev–Trinajstić information content (AvgIpc) is 2.04. The molecule has 1 unspecified atom stereocenters. The standard InChI is InChI=1S/C10H12O/c1-3-8-11-10-6-4-9(2)5-7-10/h1,4,6-7,9H,5,8H2,2H3. The van der Waals surface area contributed by atoms with Gasteiger partial charge in [-0.1, -0.05) is 18.9 Å². The van der Waals surface area contributed by atoms with Crippen LogP contribution < -0.4 is 0 Å². The van der Waals surface area contributed by atoms with Crippen molar-refractivity contribution in [3.05, 3.63) is 24.0 Å². The lowest BCUT2D eigenvalue weighted by Crippen LogP contribution is -1.97. The van der Waals surface area contributed by atoms with Crippen LogP contribution in [0.25, 0.3) is 0 Å². The third-order valence-corrected chi connectivity index (χ3v) is 1.60. The highest BCUT2D eigenvalue weighted by atomic mass is 16.5. The van der Waals surface area contributed by atoms with Gasteiger partial charge < -0.3 is 4.74 Å². The quantitative estimate of drug-likeness (QED) is 0.545. The lowest BCUT2D eigenvalue weighted by Gasteiger charge is -2.10. The third-order valence-electron chi connectivity index (χ3n) is 1.60. The Bertz CT molecular complexity index is 218. The molecule has 11 heavy (non-hydrogen) atoms. The molecule has 1 nitrogen and oxygen atoms in total. The van der Waals surface area contributed by atoms with Crippen LogP contribution in [0.4, 0.5) is 0 Å². The van der Waals surface area contributed by atoms with Crippen molar-refractivity contribution in [1.82, 2.24) is 0 Å². The molecule has 0 aromatic heterocycles. The van der Waals surface area contributed by atoms with Gasteiger partial charge in [0.15, 0.2) is 0 Å². The highest BCUT2D eigenvalue weighted by Crippen LogP contribution is 2.15. The van der Waals surface area contributed by atoms with Gasteiger partial charge in [-0.3, -0.25) is 0 Å². The van der Waals surface area contributed by atoms with E-state index >= 15 is 0 Å². The van der Waals surface area contributed by atoms with Crippen molar-refractivity contribution in [3.8, 4) is 12.3 Å². The van der Waals surface area contributed by atoms with Crippen LogP contribution in [-0.4, -0.2) is 6.61 Å². The second-order valence-electron chi connectivity index (χ2n) is 2.67. The van der Waals surface area contributed by atoms with E-state index in [-0.39, 0.29) is 0 Å². The van der Waals surface area contributed by atoms with Gasteiger partial charge in [0.2, 0.25) is 0 Å². The maximum Gasteiger partial charge on any atom is 0.148 e. The molecule has 1 aliphatic rings. The highest BCUT2D eigenvalue weighted by molar-refractivity contribution is 5.18. The first kappa shape index (κ1) is 7.94. The van der Waals surface area contributed by atoms with Crippen molar-refractivity contribution in [2.45, 2.75) is 13.3 Å². The number of ether oxygens (including phenoxy) is 1. The van der Waals surface area contributed by atoms with E-state index in [0.29, 0.717) is 12.5 Å². The van der Waals surface area contributed by atoms with Crippen LogP contribution in [0.5, 0.6) is 0 Å². The van der Waals surface area contributed by atoms with E-state index in [1.807, 2.05) is 6.08 Å². The van der Waals surface area contributed by atoms with Crippen LogP contribution >= 0.6 is 0 Å². The molecule has 0 aliphatic heterocycles. The molecule has 0 saturated heterocycles. The van der Waals surface area contributed by atoms with Crippen molar-refractivity contribution in [3.63, 3.8) is 0 Å². The second-order valence-corrected chi connectivity index (χ2v) is 2.67. The largest absolute Gasteiger partial charge is 0.481 e. The van der Waals surface area contributed by atoms with Crippen LogP contribution in [0, 0.1) is 18.3 Å². The molecule has 0 amide bonds. The van der Waals surface area contributed by atoms with E-state index in [1.54, 1.807) is 0 Å². The van der Waals surface area contributed by atoms with Crippen LogP contribution in [0.15, 0.2) is 24.0 Å². The molecule has 0 bridgehead atoms. The lowest BCUT2D eigenvalue weighted by molar-refractivity contribution is 0.264. The summed E-state index contributed by atoms with van der Waals surface area (Å²) < 4.78 is 5.22. The van der Waals surface area contributed by atoms with Crippen molar-refractivity contribution < 1.29 is 4.74 Å². The summed E-state index contributed by atoms with van der Waals surface area (Å²) in [6.45, 7) is 2.54. The van der Waals surface area contributed by atoms with E-state index in [1.165, 1.54) is 0 Å². The number of rotatable bonds is 2. The molecule has 1 rings (SSSR count). The molecule has 1 heteroatoms. The van der Waals surface area contributed by atoms with Crippen molar-refractivity contribution in [1.29, 1.82) is 0 Å². The molecule has 0 aromatic carbocycles. The average molecular weight is 148 g/mol. The van der Waals surface area contributed by atoms with Crippen molar-refractivity contribution in [2.75, 3.05) is 6.61 Å². The zero-order chi connectivity index (χ0) is 8.10. The molecule has 0 heterocycles. The van der Waals surface area contributed by atoms with Gasteiger partial charge in [-0.15, -0.1) is 6.42 Å². The molecule has 0 fully saturated rings. The molecule has 0 aromatic rings. The van der Waals surface area contributed by atoms with Crippen LogP contribution in [0.2, 0.25) is 0 Å². The number of terminal acetylenes is 1. The molecule has 0 spiro atoms. The Morgan fingerprint density at radius 2 is 2.64 bits per heavy atom. The Hall–Kier alpha value is -1.16. The molecule has 0 N–H and O–H groups in total. The molecular formula is C10H12O. The first-order valence-electron chi connectivity index (χ1n) is 3.77. The maximum absolute atomic E-state index is 5.22. The summed E-state index contributed by atoms with van der Waals surface area (Å²) in [4.78, 5) is 0. The minimum absolute atomic E-state index is 0.366. The summed E-state index contributed by atoms with van der Waals surface area (Å²) in [7, 11) is 0. The van der Waals surface area contributed by atoms with Crippen molar-refractivity contribution >= 4 is 0 Å². The van der Waals surface area contributed by atoms with Gasteiger partial charge >= 0.3 is 0 Å². The fraction of sp³-hybridized carbons (Fsp3) is 0.400. The monoisotopic (exact) mass is 148 g/mol. The molecule has 1 aliphatic carbocycles. The van der Waals surface area contributed by atoms with Gasteiger partial charge in [0, 0.05) is 0 Å². The van der Waals surface area contributed by atoms with E-state index < -0.39 is 0 Å². The predicted molar refractivity (Wildman–Crippen MR) is 45.8 cm³/mol. The van der Waals surface area contributed by atoms with Crippen LogP contribution in [0.3, 0.4) is 0 Å². The zero-order valence-electron chi connectivity index (χ0n) is 6.71. The number of hydrogen-bond donors (Lipinski definition) is 0. The molecule has 58 valence electrons. The Balaban J connectivity index is 2.38. The van der Waals surface area contributed by atoms with Gasteiger partial charge in [-0.25, -0.2) is 0 Å². The highest BCUT2D eigenvalue weighted by Gasteiger charge is 2.02. The lowest BCUT2D eigenvalue weighted by atomic mass is 10.0. The first-order valence-corrected chi connectivity index (χ1v) is 3.77. The van der Waals surface area contributed by atoms with Gasteiger partial charge in [-0.05, 0) is 24.5 Å².